The van der Waals surface area contributed by atoms with Crippen LogP contribution in [0.1, 0.15) is 23.0 Å². The number of hydrazone groups is 1. The van der Waals surface area contributed by atoms with Crippen LogP contribution in [0.4, 0.5) is 0 Å². The van der Waals surface area contributed by atoms with E-state index in [2.05, 4.69) is 69.3 Å². The molecule has 1 aromatic heterocycles. The predicted octanol–water partition coefficient (Wildman–Crippen LogP) is 6.56. The highest BCUT2D eigenvalue weighted by Gasteiger charge is 2.11. The maximum absolute atomic E-state index is 12.6. The summed E-state index contributed by atoms with van der Waals surface area (Å²) in [5, 5.41) is 11.4. The van der Waals surface area contributed by atoms with Gasteiger partial charge in [-0.25, -0.2) is 5.43 Å². The molecule has 0 radical (unpaired) electrons. The van der Waals surface area contributed by atoms with E-state index in [1.807, 2.05) is 67.6 Å². The van der Waals surface area contributed by atoms with Crippen molar-refractivity contribution in [1.29, 1.82) is 0 Å². The minimum atomic E-state index is -0.343. The van der Waals surface area contributed by atoms with E-state index in [1.165, 1.54) is 0 Å². The second-order valence-electron chi connectivity index (χ2n) is 8.19. The highest BCUT2D eigenvalue weighted by atomic mass is 16.2. The lowest BCUT2D eigenvalue weighted by Gasteiger charge is -2.05. The summed E-state index contributed by atoms with van der Waals surface area (Å²) >= 11 is 0. The second kappa shape index (κ2) is 10.0. The first-order valence-electron chi connectivity index (χ1n) is 11.4. The number of nitrogens with one attached hydrogen (secondary N) is 2. The topological polar surface area (TPSA) is 70.1 Å². The fraction of sp³-hybridized carbons (Fsp3) is 0.0333. The van der Waals surface area contributed by atoms with Gasteiger partial charge in [-0.05, 0) is 40.8 Å². The summed E-state index contributed by atoms with van der Waals surface area (Å²) in [6.07, 6.45) is 0. The molecule has 1 heterocycles. The number of rotatable bonds is 6. The minimum Gasteiger partial charge on any atom is -0.272 e. The molecule has 0 aliphatic heterocycles. The van der Waals surface area contributed by atoms with Crippen LogP contribution in [0.3, 0.4) is 0 Å². The number of benzene rings is 4. The third-order valence-corrected chi connectivity index (χ3v) is 5.85. The summed E-state index contributed by atoms with van der Waals surface area (Å²) in [6, 6.07) is 38.3. The molecule has 5 nitrogen and oxygen atoms in total. The van der Waals surface area contributed by atoms with Gasteiger partial charge in [-0.1, -0.05) is 109 Å². The average Bonchev–Trinajstić information content (AvgIpc) is 3.43. The van der Waals surface area contributed by atoms with Gasteiger partial charge in [0.2, 0.25) is 0 Å². The number of aromatic amines is 1. The van der Waals surface area contributed by atoms with Gasteiger partial charge in [0.1, 0.15) is 5.69 Å². The third kappa shape index (κ3) is 5.09. The number of nitrogens with zero attached hydrogens (tertiary/aromatic N) is 2. The van der Waals surface area contributed by atoms with Crippen LogP contribution in [0.2, 0.25) is 0 Å². The molecule has 0 aliphatic rings. The van der Waals surface area contributed by atoms with Crippen LogP contribution < -0.4 is 5.43 Å². The molecule has 0 unspecified atom stereocenters. The Morgan fingerprint density at radius 2 is 1.17 bits per heavy atom. The van der Waals surface area contributed by atoms with Gasteiger partial charge >= 0.3 is 0 Å². The first-order chi connectivity index (χ1) is 17.2. The highest BCUT2D eigenvalue weighted by molar-refractivity contribution is 6.01. The van der Waals surface area contributed by atoms with E-state index in [1.54, 1.807) is 6.07 Å². The molecule has 5 rings (SSSR count). The van der Waals surface area contributed by atoms with Crippen LogP contribution in [0.15, 0.2) is 120 Å². The molecule has 4 aromatic carbocycles. The molecule has 0 saturated carbocycles. The number of carbonyl (C=O) groups is 1. The molecule has 35 heavy (non-hydrogen) atoms. The summed E-state index contributed by atoms with van der Waals surface area (Å²) in [5.41, 5.74) is 10.8. The Morgan fingerprint density at radius 1 is 0.686 bits per heavy atom. The van der Waals surface area contributed by atoms with E-state index >= 15 is 0 Å². The molecule has 0 atom stereocenters. The Labute approximate surface area is 204 Å². The van der Waals surface area contributed by atoms with E-state index in [9.17, 15) is 4.79 Å². The van der Waals surface area contributed by atoms with Crippen molar-refractivity contribution in [3.8, 4) is 33.5 Å². The van der Waals surface area contributed by atoms with Crippen LogP contribution in [0, 0.1) is 0 Å². The summed E-state index contributed by atoms with van der Waals surface area (Å²) in [4.78, 5) is 12.6. The molecule has 0 saturated heterocycles. The van der Waals surface area contributed by atoms with Gasteiger partial charge in [0, 0.05) is 5.56 Å². The molecule has 5 heteroatoms. The Morgan fingerprint density at radius 3 is 1.74 bits per heavy atom. The first-order valence-corrected chi connectivity index (χ1v) is 11.4. The summed E-state index contributed by atoms with van der Waals surface area (Å²) < 4.78 is 0. The van der Waals surface area contributed by atoms with E-state index in [-0.39, 0.29) is 5.91 Å². The second-order valence-corrected chi connectivity index (χ2v) is 8.19. The van der Waals surface area contributed by atoms with E-state index < -0.39 is 0 Å². The summed E-state index contributed by atoms with van der Waals surface area (Å²) in [7, 11) is 0. The largest absolute Gasteiger partial charge is 0.289 e. The Bertz CT molecular complexity index is 1450. The smallest absolute Gasteiger partial charge is 0.272 e. The molecule has 1 amide bonds. The monoisotopic (exact) mass is 456 g/mol. The highest BCUT2D eigenvalue weighted by Crippen LogP contribution is 2.24. The lowest BCUT2D eigenvalue weighted by Crippen LogP contribution is -2.19. The molecule has 0 aliphatic carbocycles. The molecule has 170 valence electrons. The van der Waals surface area contributed by atoms with Crippen molar-refractivity contribution in [3.05, 3.63) is 127 Å². The number of H-pyrrole nitrogens is 1. The number of hydrogen-bond donors (Lipinski definition) is 2. The fourth-order valence-corrected chi connectivity index (χ4v) is 3.84. The Balaban J connectivity index is 1.24. The molecule has 5 aromatic rings. The summed E-state index contributed by atoms with van der Waals surface area (Å²) in [5.74, 6) is -0.343. The molecule has 0 spiro atoms. The Hall–Kier alpha value is -4.77. The lowest BCUT2D eigenvalue weighted by molar-refractivity contribution is 0.0950. The molecule has 0 bridgehead atoms. The zero-order valence-electron chi connectivity index (χ0n) is 19.3. The predicted molar refractivity (Wildman–Crippen MR) is 141 cm³/mol. The van der Waals surface area contributed by atoms with Gasteiger partial charge in [0.15, 0.2) is 0 Å². The minimum absolute atomic E-state index is 0.343. The van der Waals surface area contributed by atoms with Crippen LogP contribution in [0.5, 0.6) is 0 Å². The van der Waals surface area contributed by atoms with Crippen molar-refractivity contribution >= 4 is 11.6 Å². The van der Waals surface area contributed by atoms with E-state index in [0.29, 0.717) is 17.1 Å². The van der Waals surface area contributed by atoms with Crippen molar-refractivity contribution in [3.63, 3.8) is 0 Å². The van der Waals surface area contributed by atoms with Crippen molar-refractivity contribution in [2.45, 2.75) is 6.92 Å². The SMILES string of the molecule is C/C(=N\NC(=O)c1cc(-c2ccc(-c3ccccc3)cc2)n[nH]1)c1ccc(-c2ccccc2)cc1. The molecular weight excluding hydrogens is 432 g/mol. The number of hydrogen-bond acceptors (Lipinski definition) is 3. The zero-order valence-corrected chi connectivity index (χ0v) is 19.3. The van der Waals surface area contributed by atoms with Crippen LogP contribution >= 0.6 is 0 Å². The maximum atomic E-state index is 12.6. The van der Waals surface area contributed by atoms with Crippen molar-refractivity contribution in [2.75, 3.05) is 0 Å². The van der Waals surface area contributed by atoms with Gasteiger partial charge in [0.25, 0.3) is 5.91 Å². The maximum Gasteiger partial charge on any atom is 0.289 e. The first kappa shape index (κ1) is 22.0. The van der Waals surface area contributed by atoms with E-state index in [0.717, 1.165) is 33.4 Å². The Kier molecular flexibility index (Phi) is 6.31. The fourth-order valence-electron chi connectivity index (χ4n) is 3.84. The van der Waals surface area contributed by atoms with Gasteiger partial charge in [-0.2, -0.15) is 10.2 Å². The van der Waals surface area contributed by atoms with Crippen molar-refractivity contribution in [1.82, 2.24) is 15.6 Å². The standard InChI is InChI=1S/C30H24N4O/c1-21(22-12-14-25(15-13-22)23-8-4-2-5-9-23)31-34-30(35)29-20-28(32-33-29)27-18-16-26(17-19-27)24-10-6-3-7-11-24/h2-20H,1H3,(H,32,33)(H,34,35)/b31-21+. The zero-order chi connectivity index (χ0) is 24.0. The molecule has 2 N–H and O–H groups in total. The lowest BCUT2D eigenvalue weighted by atomic mass is 10.0. The molecular formula is C30H24N4O. The van der Waals surface area contributed by atoms with Crippen LogP contribution in [-0.4, -0.2) is 21.8 Å². The number of aromatic nitrogens is 2. The number of carbonyl (C=O) groups excluding carboxylic acids is 1. The van der Waals surface area contributed by atoms with Gasteiger partial charge < -0.3 is 0 Å². The quantitative estimate of drug-likeness (QED) is 0.224. The van der Waals surface area contributed by atoms with Crippen LogP contribution in [0.25, 0.3) is 33.5 Å². The number of amides is 1. The van der Waals surface area contributed by atoms with Crippen molar-refractivity contribution < 1.29 is 4.79 Å². The third-order valence-electron chi connectivity index (χ3n) is 5.85. The van der Waals surface area contributed by atoms with Crippen LogP contribution in [-0.2, 0) is 0 Å². The summed E-state index contributed by atoms with van der Waals surface area (Å²) in [6.45, 7) is 1.87. The molecule has 0 fully saturated rings. The van der Waals surface area contributed by atoms with Gasteiger partial charge in [0.05, 0.1) is 11.4 Å². The van der Waals surface area contributed by atoms with Crippen molar-refractivity contribution in [2.24, 2.45) is 5.10 Å². The average molecular weight is 457 g/mol. The van der Waals surface area contributed by atoms with E-state index in [4.69, 9.17) is 0 Å². The normalized spacial score (nSPS) is 11.3. The van der Waals surface area contributed by atoms with Gasteiger partial charge in [-0.3, -0.25) is 9.89 Å². The van der Waals surface area contributed by atoms with Gasteiger partial charge in [-0.15, -0.1) is 0 Å².